The minimum absolute atomic E-state index is 0.190. The van der Waals surface area contributed by atoms with Crippen LogP contribution in [0.4, 0.5) is 0 Å². The van der Waals surface area contributed by atoms with Gasteiger partial charge < -0.3 is 0 Å². The molecule has 0 radical (unpaired) electrons. The fraction of sp³-hybridized carbons (Fsp3) is 0.933. The van der Waals surface area contributed by atoms with E-state index in [1.165, 1.54) is 38.5 Å². The van der Waals surface area contributed by atoms with Crippen molar-refractivity contribution in [2.75, 3.05) is 0 Å². The quantitative estimate of drug-likeness (QED) is 0.821. The van der Waals surface area contributed by atoms with Crippen molar-refractivity contribution in [3.63, 3.8) is 0 Å². The Morgan fingerprint density at radius 3 is 2.37 bits per heavy atom. The van der Waals surface area contributed by atoms with Crippen molar-refractivity contribution in [2.24, 2.45) is 23.2 Å². The molecule has 4 nitrogen and oxygen atoms in total. The predicted octanol–water partition coefficient (Wildman–Crippen LogP) is 2.93. The molecule has 4 saturated carbocycles. The Kier molecular flexibility index (Phi) is 2.24. The van der Waals surface area contributed by atoms with Crippen molar-refractivity contribution in [2.45, 2.75) is 64.8 Å². The summed E-state index contributed by atoms with van der Waals surface area (Å²) >= 11 is 0. The van der Waals surface area contributed by atoms with Gasteiger partial charge in [0.15, 0.2) is 5.82 Å². The van der Waals surface area contributed by atoms with E-state index < -0.39 is 0 Å². The van der Waals surface area contributed by atoms with E-state index in [0.29, 0.717) is 5.41 Å². The highest BCUT2D eigenvalue weighted by Crippen LogP contribution is 2.66. The minimum Gasteiger partial charge on any atom is -0.158 e. The van der Waals surface area contributed by atoms with Crippen LogP contribution in [0.3, 0.4) is 0 Å². The van der Waals surface area contributed by atoms with Crippen molar-refractivity contribution < 1.29 is 0 Å². The fourth-order valence-corrected chi connectivity index (χ4v) is 5.68. The summed E-state index contributed by atoms with van der Waals surface area (Å²) < 4.78 is 0. The van der Waals surface area contributed by atoms with Gasteiger partial charge in [0, 0.05) is 0 Å². The molecule has 0 aromatic carbocycles. The smallest absolute Gasteiger partial charge is 0.158 e. The van der Waals surface area contributed by atoms with Crippen LogP contribution in [0.25, 0.3) is 0 Å². The third-order valence-corrected chi connectivity index (χ3v) is 6.24. The number of aromatic nitrogens is 4. The molecular formula is C15H24N4. The molecule has 0 saturated heterocycles. The van der Waals surface area contributed by atoms with Gasteiger partial charge in [-0.1, -0.05) is 13.8 Å². The highest BCUT2D eigenvalue weighted by atomic mass is 15.6. The molecule has 19 heavy (non-hydrogen) atoms. The van der Waals surface area contributed by atoms with Crippen molar-refractivity contribution in [3.05, 3.63) is 5.82 Å². The average molecular weight is 260 g/mol. The van der Waals surface area contributed by atoms with Gasteiger partial charge >= 0.3 is 0 Å². The highest BCUT2D eigenvalue weighted by molar-refractivity contribution is 5.10. The van der Waals surface area contributed by atoms with Gasteiger partial charge in [-0.15, -0.1) is 10.2 Å². The third kappa shape index (κ3) is 1.55. The first kappa shape index (κ1) is 11.9. The van der Waals surface area contributed by atoms with E-state index in [0.717, 1.165) is 23.6 Å². The Bertz CT molecular complexity index is 490. The molecule has 104 valence electrons. The molecule has 1 aromatic rings. The first-order valence-corrected chi connectivity index (χ1v) is 7.79. The van der Waals surface area contributed by atoms with Gasteiger partial charge in [-0.25, -0.2) is 0 Å². The third-order valence-electron chi connectivity index (χ3n) is 6.24. The topological polar surface area (TPSA) is 43.6 Å². The Balaban J connectivity index is 1.78. The first-order chi connectivity index (χ1) is 9.01. The zero-order valence-electron chi connectivity index (χ0n) is 12.3. The molecule has 4 heteroatoms. The lowest BCUT2D eigenvalue weighted by atomic mass is 9.44. The van der Waals surface area contributed by atoms with Crippen LogP contribution in [0.5, 0.6) is 0 Å². The average Bonchev–Trinajstić information content (AvgIpc) is 2.74. The summed E-state index contributed by atoms with van der Waals surface area (Å²) in [6.07, 6.45) is 8.18. The van der Waals surface area contributed by atoms with Crippen molar-refractivity contribution in [1.29, 1.82) is 0 Å². The summed E-state index contributed by atoms with van der Waals surface area (Å²) in [5, 5.41) is 13.1. The molecule has 2 atom stereocenters. The van der Waals surface area contributed by atoms with Crippen LogP contribution in [-0.2, 0) is 5.54 Å². The molecule has 4 bridgehead atoms. The molecule has 4 aliphatic carbocycles. The standard InChI is InChI=1S/C15H24N4/c1-10(2)14-5-12-4-13(6-14)8-15(7-12,9-14)19-17-11(3)16-18-19/h10,12-13H,4-9H2,1-3H3. The molecule has 1 aromatic heterocycles. The second-order valence-electron chi connectivity index (χ2n) is 7.83. The number of hydrogen-bond donors (Lipinski definition) is 0. The van der Waals surface area contributed by atoms with Gasteiger partial charge in [-0.2, -0.15) is 4.80 Å². The summed E-state index contributed by atoms with van der Waals surface area (Å²) in [6.45, 7) is 6.78. The second kappa shape index (κ2) is 3.58. The van der Waals surface area contributed by atoms with Crippen LogP contribution < -0.4 is 0 Å². The fourth-order valence-electron chi connectivity index (χ4n) is 5.68. The Morgan fingerprint density at radius 2 is 1.84 bits per heavy atom. The summed E-state index contributed by atoms with van der Waals surface area (Å²) in [4.78, 5) is 2.00. The molecule has 0 amide bonds. The van der Waals surface area contributed by atoms with E-state index in [9.17, 15) is 0 Å². The summed E-state index contributed by atoms with van der Waals surface area (Å²) in [6, 6.07) is 0. The van der Waals surface area contributed by atoms with Gasteiger partial charge in [-0.3, -0.25) is 0 Å². The molecule has 5 rings (SSSR count). The number of hydrogen-bond acceptors (Lipinski definition) is 3. The van der Waals surface area contributed by atoms with Gasteiger partial charge in [0.25, 0.3) is 0 Å². The largest absolute Gasteiger partial charge is 0.171 e. The summed E-state index contributed by atoms with van der Waals surface area (Å²) in [7, 11) is 0. The molecule has 4 aliphatic rings. The number of rotatable bonds is 2. The Hall–Kier alpha value is -0.930. The summed E-state index contributed by atoms with van der Waals surface area (Å²) in [5.41, 5.74) is 0.737. The zero-order valence-corrected chi connectivity index (χ0v) is 12.3. The Labute approximate surface area is 115 Å². The molecule has 0 spiro atoms. The van der Waals surface area contributed by atoms with Gasteiger partial charge in [-0.05, 0) is 73.8 Å². The van der Waals surface area contributed by atoms with Gasteiger partial charge in [0.2, 0.25) is 0 Å². The first-order valence-electron chi connectivity index (χ1n) is 7.79. The molecule has 2 unspecified atom stereocenters. The maximum atomic E-state index is 4.59. The van der Waals surface area contributed by atoms with Crippen molar-refractivity contribution in [3.8, 4) is 0 Å². The molecule has 0 N–H and O–H groups in total. The minimum atomic E-state index is 0.190. The highest BCUT2D eigenvalue weighted by Gasteiger charge is 2.60. The monoisotopic (exact) mass is 260 g/mol. The molecular weight excluding hydrogens is 236 g/mol. The summed E-state index contributed by atoms with van der Waals surface area (Å²) in [5.74, 6) is 3.39. The second-order valence-corrected chi connectivity index (χ2v) is 7.83. The lowest BCUT2D eigenvalue weighted by Crippen LogP contribution is -2.58. The lowest BCUT2D eigenvalue weighted by Gasteiger charge is -2.62. The molecule has 4 fully saturated rings. The van der Waals surface area contributed by atoms with Gasteiger partial charge in [0.05, 0.1) is 5.54 Å². The van der Waals surface area contributed by atoms with Gasteiger partial charge in [0.1, 0.15) is 0 Å². The van der Waals surface area contributed by atoms with Crippen LogP contribution in [0, 0.1) is 30.1 Å². The lowest BCUT2D eigenvalue weighted by molar-refractivity contribution is -0.131. The van der Waals surface area contributed by atoms with Crippen LogP contribution in [0.1, 0.15) is 58.2 Å². The number of aryl methyl sites for hydroxylation is 1. The predicted molar refractivity (Wildman–Crippen MR) is 72.5 cm³/mol. The van der Waals surface area contributed by atoms with E-state index in [1.54, 1.807) is 0 Å². The van der Waals surface area contributed by atoms with E-state index in [4.69, 9.17) is 0 Å². The Morgan fingerprint density at radius 1 is 1.16 bits per heavy atom. The van der Waals surface area contributed by atoms with Crippen LogP contribution in [-0.4, -0.2) is 20.2 Å². The van der Waals surface area contributed by atoms with Crippen LogP contribution in [0.15, 0.2) is 0 Å². The number of nitrogens with zero attached hydrogens (tertiary/aromatic N) is 4. The van der Waals surface area contributed by atoms with Crippen LogP contribution >= 0.6 is 0 Å². The molecule has 0 aliphatic heterocycles. The number of tetrazole rings is 1. The van der Waals surface area contributed by atoms with Crippen molar-refractivity contribution in [1.82, 2.24) is 20.2 Å². The van der Waals surface area contributed by atoms with E-state index in [1.807, 2.05) is 11.7 Å². The SMILES string of the molecule is Cc1nnn(C23CC4CC(CC(C(C)C)(C4)C2)C3)n1. The zero-order chi connectivity index (χ0) is 13.3. The maximum Gasteiger partial charge on any atom is 0.171 e. The van der Waals surface area contributed by atoms with Crippen LogP contribution in [0.2, 0.25) is 0 Å². The molecule has 1 heterocycles. The van der Waals surface area contributed by atoms with E-state index >= 15 is 0 Å². The normalized spacial score (nSPS) is 44.2. The van der Waals surface area contributed by atoms with Crippen molar-refractivity contribution >= 4 is 0 Å². The maximum absolute atomic E-state index is 4.59. The van der Waals surface area contributed by atoms with E-state index in [2.05, 4.69) is 29.3 Å². The van der Waals surface area contributed by atoms with E-state index in [-0.39, 0.29) is 5.54 Å².